The van der Waals surface area contributed by atoms with E-state index in [2.05, 4.69) is 26.2 Å². The summed E-state index contributed by atoms with van der Waals surface area (Å²) in [5, 5.41) is 3.13. The zero-order chi connectivity index (χ0) is 20.2. The molecule has 1 aromatic heterocycles. The largest absolute Gasteiger partial charge is 0.497 e. The second kappa shape index (κ2) is 8.49. The molecule has 6 heteroatoms. The number of aromatic nitrogens is 2. The molecule has 4 aromatic rings. The van der Waals surface area contributed by atoms with Crippen molar-refractivity contribution in [2.75, 3.05) is 7.11 Å². The molecule has 0 aliphatic carbocycles. The highest BCUT2D eigenvalue weighted by Crippen LogP contribution is 2.25. The van der Waals surface area contributed by atoms with Gasteiger partial charge < -0.3 is 15.0 Å². The van der Waals surface area contributed by atoms with Gasteiger partial charge in [0.15, 0.2) is 0 Å². The molecule has 2 N–H and O–H groups in total. The van der Waals surface area contributed by atoms with Crippen molar-refractivity contribution in [1.29, 1.82) is 0 Å². The lowest BCUT2D eigenvalue weighted by molar-refractivity contribution is 0.0933. The highest BCUT2D eigenvalue weighted by Gasteiger charge is 2.21. The molecular weight excluding hydrogens is 430 g/mol. The van der Waals surface area contributed by atoms with Crippen LogP contribution in [0.2, 0.25) is 0 Å². The number of carbonyl (C=O) groups excluding carboxylic acids is 1. The summed E-state index contributed by atoms with van der Waals surface area (Å²) in [4.78, 5) is 21.1. The smallest absolute Gasteiger partial charge is 0.253 e. The summed E-state index contributed by atoms with van der Waals surface area (Å²) in [7, 11) is 1.58. The van der Waals surface area contributed by atoms with Gasteiger partial charge in [-0.05, 0) is 58.2 Å². The monoisotopic (exact) mass is 449 g/mol. The van der Waals surface area contributed by atoms with Gasteiger partial charge in [0.25, 0.3) is 5.91 Å². The Kier molecular flexibility index (Phi) is 5.62. The third kappa shape index (κ3) is 4.32. The van der Waals surface area contributed by atoms with Crippen LogP contribution in [0.15, 0.2) is 77.3 Å². The number of fused-ring (bicyclic) bond motifs is 1. The summed E-state index contributed by atoms with van der Waals surface area (Å²) in [6.07, 6.45) is 0.619. The van der Waals surface area contributed by atoms with Crippen LogP contribution in [0.3, 0.4) is 0 Å². The maximum Gasteiger partial charge on any atom is 0.253 e. The predicted octanol–water partition coefficient (Wildman–Crippen LogP) is 5.05. The van der Waals surface area contributed by atoms with Crippen molar-refractivity contribution in [3.05, 3.63) is 94.2 Å². The van der Waals surface area contributed by atoms with Gasteiger partial charge in [0.1, 0.15) is 11.6 Å². The van der Waals surface area contributed by atoms with Gasteiger partial charge in [-0.25, -0.2) is 4.98 Å². The van der Waals surface area contributed by atoms with Crippen LogP contribution in [0.1, 0.15) is 27.8 Å². The first-order valence-corrected chi connectivity index (χ1v) is 10.1. The number of H-pyrrole nitrogens is 1. The summed E-state index contributed by atoms with van der Waals surface area (Å²) in [5.74, 6) is 1.15. The van der Waals surface area contributed by atoms with E-state index in [4.69, 9.17) is 9.72 Å². The maximum absolute atomic E-state index is 13.1. The molecule has 0 bridgehead atoms. The molecule has 5 nitrogen and oxygen atoms in total. The number of imidazole rings is 1. The second-order valence-electron chi connectivity index (χ2n) is 6.70. The molecule has 3 aromatic carbocycles. The molecule has 0 fully saturated rings. The first-order valence-electron chi connectivity index (χ1n) is 9.27. The number of ether oxygens (including phenoxy) is 1. The van der Waals surface area contributed by atoms with Gasteiger partial charge in [0.2, 0.25) is 0 Å². The normalized spacial score (nSPS) is 11.9. The van der Waals surface area contributed by atoms with Crippen LogP contribution in [0, 0.1) is 0 Å². The Bertz CT molecular complexity index is 1110. The molecule has 0 aliphatic heterocycles. The fourth-order valence-electron chi connectivity index (χ4n) is 3.24. The Morgan fingerprint density at radius 2 is 1.86 bits per heavy atom. The summed E-state index contributed by atoms with van der Waals surface area (Å²) in [6.45, 7) is 0. The van der Waals surface area contributed by atoms with E-state index < -0.39 is 0 Å². The SMILES string of the molecule is COc1ccc(Br)c(C(=O)N[C@@H](Cc2ccccc2)c2nc3ccccc3[nH]2)c1. The fourth-order valence-corrected chi connectivity index (χ4v) is 3.67. The highest BCUT2D eigenvalue weighted by atomic mass is 79.9. The number of methoxy groups -OCH3 is 1. The number of amides is 1. The van der Waals surface area contributed by atoms with Gasteiger partial charge in [-0.15, -0.1) is 0 Å². The van der Waals surface area contributed by atoms with Crippen molar-refractivity contribution < 1.29 is 9.53 Å². The lowest BCUT2D eigenvalue weighted by Gasteiger charge is -2.18. The molecule has 0 unspecified atom stereocenters. The molecule has 0 saturated heterocycles. The minimum absolute atomic E-state index is 0.197. The predicted molar refractivity (Wildman–Crippen MR) is 117 cm³/mol. The Labute approximate surface area is 177 Å². The van der Waals surface area contributed by atoms with Gasteiger partial charge in [-0.1, -0.05) is 42.5 Å². The number of hydrogen-bond acceptors (Lipinski definition) is 3. The number of rotatable bonds is 6. The van der Waals surface area contributed by atoms with Crippen molar-refractivity contribution in [3.8, 4) is 5.75 Å². The topological polar surface area (TPSA) is 67.0 Å². The number of hydrogen-bond donors (Lipinski definition) is 2. The van der Waals surface area contributed by atoms with Crippen LogP contribution in [-0.2, 0) is 6.42 Å². The van der Waals surface area contributed by atoms with E-state index >= 15 is 0 Å². The zero-order valence-electron chi connectivity index (χ0n) is 15.9. The van der Waals surface area contributed by atoms with Crippen LogP contribution < -0.4 is 10.1 Å². The average molecular weight is 450 g/mol. The third-order valence-corrected chi connectivity index (χ3v) is 5.44. The first-order chi connectivity index (χ1) is 14.1. The molecule has 0 spiro atoms. The molecule has 146 valence electrons. The molecule has 29 heavy (non-hydrogen) atoms. The number of para-hydroxylation sites is 2. The number of carbonyl (C=O) groups is 1. The lowest BCUT2D eigenvalue weighted by atomic mass is 10.0. The Balaban J connectivity index is 1.67. The molecule has 1 atom stereocenters. The van der Waals surface area contributed by atoms with Crippen molar-refractivity contribution >= 4 is 32.9 Å². The van der Waals surface area contributed by atoms with Crippen LogP contribution in [0.25, 0.3) is 11.0 Å². The minimum atomic E-state index is -0.310. The Morgan fingerprint density at radius 1 is 1.10 bits per heavy atom. The van der Waals surface area contributed by atoms with Crippen molar-refractivity contribution in [2.45, 2.75) is 12.5 Å². The lowest BCUT2D eigenvalue weighted by Crippen LogP contribution is -2.31. The number of nitrogens with zero attached hydrogens (tertiary/aromatic N) is 1. The standard InChI is InChI=1S/C23H20BrN3O2/c1-29-16-11-12-18(24)17(14-16)23(28)27-21(13-15-7-3-2-4-8-15)22-25-19-9-5-6-10-20(19)26-22/h2-12,14,21H,13H2,1H3,(H,25,26)(H,27,28)/t21-/m0/s1. The highest BCUT2D eigenvalue weighted by molar-refractivity contribution is 9.10. The van der Waals surface area contributed by atoms with Gasteiger partial charge in [0.05, 0.1) is 29.7 Å². The van der Waals surface area contributed by atoms with E-state index in [1.54, 1.807) is 19.2 Å². The summed E-state index contributed by atoms with van der Waals surface area (Å²) in [6, 6.07) is 22.9. The van der Waals surface area contributed by atoms with E-state index in [9.17, 15) is 4.79 Å². The van der Waals surface area contributed by atoms with Crippen LogP contribution in [-0.4, -0.2) is 23.0 Å². The van der Waals surface area contributed by atoms with Crippen LogP contribution >= 0.6 is 15.9 Å². The molecule has 1 amide bonds. The molecule has 4 rings (SSSR count). The molecule has 1 heterocycles. The summed E-state index contributed by atoms with van der Waals surface area (Å²) < 4.78 is 5.97. The number of halogens is 1. The van der Waals surface area contributed by atoms with Crippen molar-refractivity contribution in [2.24, 2.45) is 0 Å². The second-order valence-corrected chi connectivity index (χ2v) is 7.56. The van der Waals surface area contributed by atoms with Crippen molar-refractivity contribution in [3.63, 3.8) is 0 Å². The average Bonchev–Trinajstić information content (AvgIpc) is 3.18. The minimum Gasteiger partial charge on any atom is -0.497 e. The van der Waals surface area contributed by atoms with Crippen LogP contribution in [0.5, 0.6) is 5.75 Å². The van der Waals surface area contributed by atoms with Gasteiger partial charge in [0, 0.05) is 4.47 Å². The van der Waals surface area contributed by atoms with Crippen LogP contribution in [0.4, 0.5) is 0 Å². The van der Waals surface area contributed by atoms with E-state index in [0.29, 0.717) is 22.2 Å². The Hall–Kier alpha value is -3.12. The fraction of sp³-hybridized carbons (Fsp3) is 0.130. The molecule has 0 aliphatic rings. The molecular formula is C23H20BrN3O2. The maximum atomic E-state index is 13.1. The van der Waals surface area contributed by atoms with Gasteiger partial charge in [-0.3, -0.25) is 4.79 Å². The summed E-state index contributed by atoms with van der Waals surface area (Å²) >= 11 is 3.46. The molecule has 0 saturated carbocycles. The zero-order valence-corrected chi connectivity index (χ0v) is 17.4. The van der Waals surface area contributed by atoms with E-state index in [1.807, 2.05) is 60.7 Å². The van der Waals surface area contributed by atoms with E-state index in [-0.39, 0.29) is 11.9 Å². The van der Waals surface area contributed by atoms with Gasteiger partial charge in [-0.2, -0.15) is 0 Å². The van der Waals surface area contributed by atoms with Gasteiger partial charge >= 0.3 is 0 Å². The van der Waals surface area contributed by atoms with E-state index in [0.717, 1.165) is 22.4 Å². The quantitative estimate of drug-likeness (QED) is 0.432. The summed E-state index contributed by atoms with van der Waals surface area (Å²) in [5.41, 5.74) is 3.44. The number of aromatic amines is 1. The number of benzene rings is 3. The first kappa shape index (κ1) is 19.2. The van der Waals surface area contributed by atoms with Crippen molar-refractivity contribution in [1.82, 2.24) is 15.3 Å². The van der Waals surface area contributed by atoms with E-state index in [1.165, 1.54) is 0 Å². The Morgan fingerprint density at radius 3 is 2.62 bits per heavy atom. The molecule has 0 radical (unpaired) electrons. The number of nitrogens with one attached hydrogen (secondary N) is 2. The third-order valence-electron chi connectivity index (χ3n) is 4.74.